The molecule has 2 heterocycles. The molecule has 0 unspecified atom stereocenters. The molecule has 0 saturated heterocycles. The van der Waals surface area contributed by atoms with Crippen molar-refractivity contribution >= 4 is 71.6 Å². The fourth-order valence-electron chi connectivity index (χ4n) is 7.12. The van der Waals surface area contributed by atoms with Crippen molar-refractivity contribution in [2.24, 2.45) is 0 Å². The number of benzene rings is 8. The number of oxazole rings is 1. The van der Waals surface area contributed by atoms with E-state index in [1.54, 1.807) is 0 Å². The van der Waals surface area contributed by atoms with E-state index in [-0.39, 0.29) is 0 Å². The Morgan fingerprint density at radius 3 is 2.04 bits per heavy atom. The lowest BCUT2D eigenvalue weighted by molar-refractivity contribution is 0.620. The van der Waals surface area contributed by atoms with Crippen LogP contribution in [0.1, 0.15) is 0 Å². The molecule has 4 heteroatoms. The molecule has 10 aromatic rings. The van der Waals surface area contributed by atoms with Crippen molar-refractivity contribution in [3.05, 3.63) is 170 Å². The first-order valence-electron chi connectivity index (χ1n) is 16.5. The maximum Gasteiger partial charge on any atom is 0.228 e. The zero-order chi connectivity index (χ0) is 32.3. The van der Waals surface area contributed by atoms with Crippen LogP contribution in [0.4, 0.5) is 17.1 Å². The third kappa shape index (κ3) is 4.57. The van der Waals surface area contributed by atoms with Crippen LogP contribution in [-0.4, -0.2) is 4.98 Å². The van der Waals surface area contributed by atoms with E-state index >= 15 is 0 Å². The minimum absolute atomic E-state index is 0.579. The standard InChI is InChI=1S/C45H28N2O2/c1-2-11-32-27-33(20-19-29(32)9-1)30-21-23-34(24-22-30)47(40-16-7-12-31-10-3-4-13-36(31)40)35-25-26-41-38(28-35)44-37(14-8-18-43(44)48-41)45-46-39-15-5-6-17-42(39)49-45/h1-28H. The summed E-state index contributed by atoms with van der Waals surface area (Å²) in [6.45, 7) is 0. The van der Waals surface area contributed by atoms with Crippen LogP contribution in [-0.2, 0) is 0 Å². The molecule has 49 heavy (non-hydrogen) atoms. The number of anilines is 3. The Hall–Kier alpha value is -6.65. The van der Waals surface area contributed by atoms with Gasteiger partial charge in [-0.05, 0) is 94.0 Å². The molecule has 8 aromatic carbocycles. The molecule has 10 rings (SSSR count). The number of hydrogen-bond donors (Lipinski definition) is 0. The number of nitrogens with zero attached hydrogens (tertiary/aromatic N) is 2. The highest BCUT2D eigenvalue weighted by Gasteiger charge is 2.20. The third-order valence-electron chi connectivity index (χ3n) is 9.48. The highest BCUT2D eigenvalue weighted by atomic mass is 16.3. The summed E-state index contributed by atoms with van der Waals surface area (Å²) in [4.78, 5) is 7.18. The molecule has 230 valence electrons. The van der Waals surface area contributed by atoms with Crippen molar-refractivity contribution in [3.63, 3.8) is 0 Å². The molecule has 0 fully saturated rings. The van der Waals surface area contributed by atoms with E-state index < -0.39 is 0 Å². The Kier molecular flexibility index (Phi) is 6.15. The number of fused-ring (bicyclic) bond motifs is 6. The molecule has 0 spiro atoms. The molecule has 0 atom stereocenters. The highest BCUT2D eigenvalue weighted by molar-refractivity contribution is 6.13. The second-order valence-corrected chi connectivity index (χ2v) is 12.4. The van der Waals surface area contributed by atoms with Gasteiger partial charge in [-0.2, -0.15) is 0 Å². The van der Waals surface area contributed by atoms with Crippen LogP contribution in [0, 0.1) is 0 Å². The zero-order valence-corrected chi connectivity index (χ0v) is 26.4. The predicted molar refractivity (Wildman–Crippen MR) is 202 cm³/mol. The topological polar surface area (TPSA) is 42.4 Å². The lowest BCUT2D eigenvalue weighted by Gasteiger charge is -2.27. The van der Waals surface area contributed by atoms with Crippen molar-refractivity contribution in [1.82, 2.24) is 4.98 Å². The van der Waals surface area contributed by atoms with Crippen molar-refractivity contribution in [2.75, 3.05) is 4.90 Å². The Balaban J connectivity index is 1.16. The number of rotatable bonds is 5. The van der Waals surface area contributed by atoms with E-state index in [1.165, 1.54) is 32.7 Å². The summed E-state index contributed by atoms with van der Waals surface area (Å²) in [6.07, 6.45) is 0. The largest absolute Gasteiger partial charge is 0.456 e. The second kappa shape index (κ2) is 11.0. The average Bonchev–Trinajstić information content (AvgIpc) is 3.77. The molecular weight excluding hydrogens is 601 g/mol. The average molecular weight is 629 g/mol. The van der Waals surface area contributed by atoms with Crippen LogP contribution in [0.5, 0.6) is 0 Å². The van der Waals surface area contributed by atoms with Gasteiger partial charge in [-0.3, -0.25) is 0 Å². The van der Waals surface area contributed by atoms with Crippen LogP contribution in [0.25, 0.3) is 77.2 Å². The first kappa shape index (κ1) is 27.5. The Morgan fingerprint density at radius 1 is 0.429 bits per heavy atom. The molecule has 4 nitrogen and oxygen atoms in total. The van der Waals surface area contributed by atoms with Gasteiger partial charge in [-0.25, -0.2) is 4.98 Å². The maximum absolute atomic E-state index is 6.41. The number of furan rings is 1. The quantitative estimate of drug-likeness (QED) is 0.190. The van der Waals surface area contributed by atoms with Gasteiger partial charge in [0, 0.05) is 33.1 Å². The van der Waals surface area contributed by atoms with Crippen LogP contribution in [0.3, 0.4) is 0 Å². The SMILES string of the molecule is c1ccc2cc(-c3ccc(N(c4ccc5oc6cccc(-c7nc8ccccc8o7)c6c5c4)c4cccc5ccccc45)cc3)ccc2c1. The second-order valence-electron chi connectivity index (χ2n) is 12.4. The van der Waals surface area contributed by atoms with Crippen molar-refractivity contribution < 1.29 is 8.83 Å². The highest BCUT2D eigenvalue weighted by Crippen LogP contribution is 2.43. The van der Waals surface area contributed by atoms with Crippen molar-refractivity contribution in [3.8, 4) is 22.6 Å². The van der Waals surface area contributed by atoms with Crippen LogP contribution in [0.15, 0.2) is 179 Å². The van der Waals surface area contributed by atoms with E-state index in [0.29, 0.717) is 5.89 Å². The van der Waals surface area contributed by atoms with Crippen molar-refractivity contribution in [1.29, 1.82) is 0 Å². The van der Waals surface area contributed by atoms with Crippen LogP contribution >= 0.6 is 0 Å². The molecular formula is C45H28N2O2. The summed E-state index contributed by atoms with van der Waals surface area (Å²) < 4.78 is 12.7. The zero-order valence-electron chi connectivity index (χ0n) is 26.4. The van der Waals surface area contributed by atoms with Gasteiger partial charge in [0.25, 0.3) is 0 Å². The molecule has 0 N–H and O–H groups in total. The van der Waals surface area contributed by atoms with E-state index in [1.807, 2.05) is 36.4 Å². The summed E-state index contributed by atoms with van der Waals surface area (Å²) in [5.74, 6) is 0.579. The van der Waals surface area contributed by atoms with Crippen molar-refractivity contribution in [2.45, 2.75) is 0 Å². The van der Waals surface area contributed by atoms with E-state index in [9.17, 15) is 0 Å². The first-order valence-corrected chi connectivity index (χ1v) is 16.5. The van der Waals surface area contributed by atoms with Gasteiger partial charge in [0.1, 0.15) is 16.7 Å². The lowest BCUT2D eigenvalue weighted by Crippen LogP contribution is -2.10. The summed E-state index contributed by atoms with van der Waals surface area (Å²) in [7, 11) is 0. The molecule has 0 aliphatic heterocycles. The number of para-hydroxylation sites is 2. The molecule has 0 bridgehead atoms. The molecule has 0 radical (unpaired) electrons. The van der Waals surface area contributed by atoms with Gasteiger partial charge in [-0.1, -0.05) is 103 Å². The first-order chi connectivity index (χ1) is 24.3. The minimum Gasteiger partial charge on any atom is -0.456 e. The van der Waals surface area contributed by atoms with E-state index in [0.717, 1.165) is 55.7 Å². The molecule has 0 aliphatic rings. The molecule has 0 amide bonds. The number of aromatic nitrogens is 1. The molecule has 0 aliphatic carbocycles. The minimum atomic E-state index is 0.579. The monoisotopic (exact) mass is 628 g/mol. The Morgan fingerprint density at radius 2 is 1.14 bits per heavy atom. The van der Waals surface area contributed by atoms with E-state index in [4.69, 9.17) is 13.8 Å². The van der Waals surface area contributed by atoms with E-state index in [2.05, 4.69) is 138 Å². The summed E-state index contributed by atoms with van der Waals surface area (Å²) >= 11 is 0. The maximum atomic E-state index is 6.41. The van der Waals surface area contributed by atoms with Gasteiger partial charge in [0.2, 0.25) is 5.89 Å². The normalized spacial score (nSPS) is 11.7. The van der Waals surface area contributed by atoms with Gasteiger partial charge in [-0.15, -0.1) is 0 Å². The van der Waals surface area contributed by atoms with Crippen LogP contribution in [0.2, 0.25) is 0 Å². The Labute approximate surface area is 282 Å². The third-order valence-corrected chi connectivity index (χ3v) is 9.48. The van der Waals surface area contributed by atoms with Gasteiger partial charge in [0.15, 0.2) is 5.58 Å². The van der Waals surface area contributed by atoms with Gasteiger partial charge < -0.3 is 13.7 Å². The summed E-state index contributed by atoms with van der Waals surface area (Å²) in [5.41, 5.74) is 9.66. The summed E-state index contributed by atoms with van der Waals surface area (Å²) in [5, 5.41) is 6.82. The lowest BCUT2D eigenvalue weighted by atomic mass is 10.0. The molecule has 0 saturated carbocycles. The predicted octanol–water partition coefficient (Wildman–Crippen LogP) is 12.8. The van der Waals surface area contributed by atoms with Crippen LogP contribution < -0.4 is 4.90 Å². The van der Waals surface area contributed by atoms with Gasteiger partial charge in [0.05, 0.1) is 5.69 Å². The number of hydrogen-bond acceptors (Lipinski definition) is 4. The fraction of sp³-hybridized carbons (Fsp3) is 0. The summed E-state index contributed by atoms with van der Waals surface area (Å²) in [6, 6.07) is 59.4. The molecule has 2 aromatic heterocycles. The Bertz CT molecular complexity index is 2810. The fourth-order valence-corrected chi connectivity index (χ4v) is 7.12. The van der Waals surface area contributed by atoms with Gasteiger partial charge >= 0.3 is 0 Å². The smallest absolute Gasteiger partial charge is 0.228 e.